The van der Waals surface area contributed by atoms with Crippen LogP contribution in [0.1, 0.15) is 10.5 Å². The molecule has 0 aliphatic carbocycles. The normalized spacial score (nSPS) is 10.4. The van der Waals surface area contributed by atoms with E-state index in [9.17, 15) is 4.79 Å². The quantitative estimate of drug-likeness (QED) is 0.752. The Morgan fingerprint density at radius 2 is 2.44 bits per heavy atom. The minimum Gasteiger partial charge on any atom is -0.378 e. The van der Waals surface area contributed by atoms with Gasteiger partial charge in [0.1, 0.15) is 5.69 Å². The smallest absolute Gasteiger partial charge is 0.270 e. The van der Waals surface area contributed by atoms with Crippen molar-refractivity contribution in [3.05, 3.63) is 35.3 Å². The van der Waals surface area contributed by atoms with Crippen molar-refractivity contribution in [3.8, 4) is 0 Å². The summed E-state index contributed by atoms with van der Waals surface area (Å²) in [5.74, 6) is -0.158. The summed E-state index contributed by atoms with van der Waals surface area (Å²) in [5, 5.41) is 4.46. The Morgan fingerprint density at radius 1 is 1.50 bits per heavy atom. The number of aromatic nitrogens is 3. The van der Waals surface area contributed by atoms with Crippen LogP contribution < -0.4 is 5.32 Å². The van der Waals surface area contributed by atoms with E-state index in [0.717, 1.165) is 6.54 Å². The molecule has 96 valence electrons. The van der Waals surface area contributed by atoms with Gasteiger partial charge in [0.25, 0.3) is 5.91 Å². The lowest BCUT2D eigenvalue weighted by Gasteiger charge is -2.05. The van der Waals surface area contributed by atoms with Gasteiger partial charge in [-0.25, -0.2) is 9.97 Å². The Kier molecular flexibility index (Phi) is 4.86. The van der Waals surface area contributed by atoms with Gasteiger partial charge in [-0.15, -0.1) is 11.3 Å². The third-order valence-corrected chi connectivity index (χ3v) is 2.84. The molecule has 0 aliphatic rings. The molecule has 1 N–H and O–H groups in total. The number of hydrogen-bond acceptors (Lipinski definition) is 5. The maximum atomic E-state index is 11.5. The summed E-state index contributed by atoms with van der Waals surface area (Å²) in [6, 6.07) is 0. The van der Waals surface area contributed by atoms with E-state index in [2.05, 4.69) is 15.3 Å². The SMILES string of the molecule is O=C(NCCOCCn1ccnc1)c1cscn1. The first-order valence-corrected chi connectivity index (χ1v) is 6.50. The molecule has 0 saturated carbocycles. The van der Waals surface area contributed by atoms with Gasteiger partial charge in [0.2, 0.25) is 0 Å². The maximum absolute atomic E-state index is 11.5. The first-order chi connectivity index (χ1) is 8.86. The molecule has 6 nitrogen and oxygen atoms in total. The molecule has 0 atom stereocenters. The van der Waals surface area contributed by atoms with E-state index in [1.165, 1.54) is 11.3 Å². The van der Waals surface area contributed by atoms with Crippen molar-refractivity contribution >= 4 is 17.2 Å². The predicted molar refractivity (Wildman–Crippen MR) is 67.5 cm³/mol. The standard InChI is InChI=1S/C11H14N4O2S/c16-11(10-7-18-9-14-10)13-2-5-17-6-4-15-3-1-12-8-15/h1,3,7-9H,2,4-6H2,(H,13,16). The van der Waals surface area contributed by atoms with E-state index in [4.69, 9.17) is 4.74 Å². The van der Waals surface area contributed by atoms with Crippen LogP contribution in [-0.4, -0.2) is 40.2 Å². The van der Waals surface area contributed by atoms with Crippen LogP contribution in [0, 0.1) is 0 Å². The maximum Gasteiger partial charge on any atom is 0.270 e. The number of carbonyl (C=O) groups is 1. The highest BCUT2D eigenvalue weighted by Gasteiger charge is 2.05. The van der Waals surface area contributed by atoms with Gasteiger partial charge < -0.3 is 14.6 Å². The van der Waals surface area contributed by atoms with Crippen LogP contribution >= 0.6 is 11.3 Å². The first-order valence-electron chi connectivity index (χ1n) is 5.56. The molecule has 0 aliphatic heterocycles. The number of nitrogens with zero attached hydrogens (tertiary/aromatic N) is 3. The Morgan fingerprint density at radius 3 is 3.17 bits per heavy atom. The second kappa shape index (κ2) is 6.87. The van der Waals surface area contributed by atoms with Crippen molar-refractivity contribution in [3.63, 3.8) is 0 Å². The lowest BCUT2D eigenvalue weighted by Crippen LogP contribution is -2.27. The summed E-state index contributed by atoms with van der Waals surface area (Å²) in [7, 11) is 0. The summed E-state index contributed by atoms with van der Waals surface area (Å²) >= 11 is 1.40. The number of amides is 1. The topological polar surface area (TPSA) is 69.0 Å². The molecule has 1 amide bonds. The fraction of sp³-hybridized carbons (Fsp3) is 0.364. The Bertz CT molecular complexity index is 455. The highest BCUT2D eigenvalue weighted by molar-refractivity contribution is 7.07. The van der Waals surface area contributed by atoms with Crippen LogP contribution in [-0.2, 0) is 11.3 Å². The number of imidazole rings is 1. The number of hydrogen-bond donors (Lipinski definition) is 1. The Labute approximate surface area is 109 Å². The van der Waals surface area contributed by atoms with Crippen LogP contribution in [0.2, 0.25) is 0 Å². The molecule has 0 spiro atoms. The molecule has 0 saturated heterocycles. The van der Waals surface area contributed by atoms with Gasteiger partial charge in [0, 0.05) is 30.9 Å². The first kappa shape index (κ1) is 12.7. The van der Waals surface area contributed by atoms with E-state index in [1.54, 1.807) is 23.4 Å². The largest absolute Gasteiger partial charge is 0.378 e. The summed E-state index contributed by atoms with van der Waals surface area (Å²) in [5.41, 5.74) is 2.09. The number of rotatable bonds is 7. The molecule has 2 rings (SSSR count). The summed E-state index contributed by atoms with van der Waals surface area (Å²) < 4.78 is 7.33. The van der Waals surface area contributed by atoms with Crippen LogP contribution in [0.3, 0.4) is 0 Å². The highest BCUT2D eigenvalue weighted by atomic mass is 32.1. The zero-order chi connectivity index (χ0) is 12.6. The average molecular weight is 266 g/mol. The van der Waals surface area contributed by atoms with E-state index >= 15 is 0 Å². The third-order valence-electron chi connectivity index (χ3n) is 2.25. The molecule has 2 aromatic rings. The van der Waals surface area contributed by atoms with Crippen molar-refractivity contribution in [2.75, 3.05) is 19.8 Å². The van der Waals surface area contributed by atoms with Crippen LogP contribution in [0.4, 0.5) is 0 Å². The summed E-state index contributed by atoms with van der Waals surface area (Å²) in [6.07, 6.45) is 5.36. The fourth-order valence-corrected chi connectivity index (χ4v) is 1.88. The molecule has 0 bridgehead atoms. The molecule has 2 aromatic heterocycles. The summed E-state index contributed by atoms with van der Waals surface area (Å²) in [4.78, 5) is 19.3. The predicted octanol–water partition coefficient (Wildman–Crippen LogP) is 0.786. The lowest BCUT2D eigenvalue weighted by atomic mass is 10.4. The van der Waals surface area contributed by atoms with Gasteiger partial charge in [-0.1, -0.05) is 0 Å². The third kappa shape index (κ3) is 3.94. The Balaban J connectivity index is 1.52. The minimum absolute atomic E-state index is 0.158. The molecule has 18 heavy (non-hydrogen) atoms. The molecule has 0 radical (unpaired) electrons. The molecular formula is C11H14N4O2S. The highest BCUT2D eigenvalue weighted by Crippen LogP contribution is 1.99. The van der Waals surface area contributed by atoms with Crippen molar-refractivity contribution in [1.82, 2.24) is 19.9 Å². The van der Waals surface area contributed by atoms with E-state index in [0.29, 0.717) is 25.5 Å². The fourth-order valence-electron chi connectivity index (χ4n) is 1.34. The average Bonchev–Trinajstić information content (AvgIpc) is 3.05. The van der Waals surface area contributed by atoms with Crippen LogP contribution in [0.15, 0.2) is 29.6 Å². The molecule has 0 fully saturated rings. The lowest BCUT2D eigenvalue weighted by molar-refractivity contribution is 0.0904. The molecular weight excluding hydrogens is 252 g/mol. The second-order valence-corrected chi connectivity index (χ2v) is 4.26. The second-order valence-electron chi connectivity index (χ2n) is 3.54. The van der Waals surface area contributed by atoms with Crippen LogP contribution in [0.25, 0.3) is 0 Å². The molecule has 2 heterocycles. The van der Waals surface area contributed by atoms with Gasteiger partial charge in [-0.2, -0.15) is 0 Å². The summed E-state index contributed by atoms with van der Waals surface area (Å²) in [6.45, 7) is 2.34. The van der Waals surface area contributed by atoms with Crippen LogP contribution in [0.5, 0.6) is 0 Å². The monoisotopic (exact) mass is 266 g/mol. The minimum atomic E-state index is -0.158. The van der Waals surface area contributed by atoms with Crippen molar-refractivity contribution in [2.45, 2.75) is 6.54 Å². The van der Waals surface area contributed by atoms with Crippen molar-refractivity contribution < 1.29 is 9.53 Å². The molecule has 0 aromatic carbocycles. The number of thiazole rings is 1. The molecule has 7 heteroatoms. The van der Waals surface area contributed by atoms with Gasteiger partial charge in [-0.05, 0) is 0 Å². The van der Waals surface area contributed by atoms with Crippen molar-refractivity contribution in [1.29, 1.82) is 0 Å². The van der Waals surface area contributed by atoms with Gasteiger partial charge in [0.05, 0.1) is 25.1 Å². The van der Waals surface area contributed by atoms with Gasteiger partial charge >= 0.3 is 0 Å². The number of carbonyl (C=O) groups excluding carboxylic acids is 1. The van der Waals surface area contributed by atoms with E-state index < -0.39 is 0 Å². The van der Waals surface area contributed by atoms with E-state index in [1.807, 2.05) is 10.8 Å². The number of ether oxygens (including phenoxy) is 1. The van der Waals surface area contributed by atoms with Crippen molar-refractivity contribution in [2.24, 2.45) is 0 Å². The zero-order valence-corrected chi connectivity index (χ0v) is 10.6. The number of nitrogens with one attached hydrogen (secondary N) is 1. The molecule has 0 unspecified atom stereocenters. The zero-order valence-electron chi connectivity index (χ0n) is 9.78. The van der Waals surface area contributed by atoms with Gasteiger partial charge in [0.15, 0.2) is 0 Å². The van der Waals surface area contributed by atoms with Gasteiger partial charge in [-0.3, -0.25) is 4.79 Å². The Hall–Kier alpha value is -1.73. The van der Waals surface area contributed by atoms with E-state index in [-0.39, 0.29) is 5.91 Å².